The van der Waals surface area contributed by atoms with Gasteiger partial charge in [-0.1, -0.05) is 0 Å². The maximum atomic E-state index is 10.6. The van der Waals surface area contributed by atoms with Gasteiger partial charge in [0.15, 0.2) is 0 Å². The third-order valence-electron chi connectivity index (χ3n) is 2.11. The number of hydrogen-bond donors (Lipinski definition) is 2. The van der Waals surface area contributed by atoms with Gasteiger partial charge in [0.25, 0.3) is 0 Å². The molecule has 64 valence electrons. The van der Waals surface area contributed by atoms with E-state index in [9.17, 15) is 4.79 Å². The Balaban J connectivity index is 2.46. The summed E-state index contributed by atoms with van der Waals surface area (Å²) < 4.78 is 5.07. The summed E-state index contributed by atoms with van der Waals surface area (Å²) in [6.07, 6.45) is 0.828. The van der Waals surface area contributed by atoms with Crippen molar-refractivity contribution < 1.29 is 14.6 Å². The number of carboxylic acids is 1. The second-order valence-electron chi connectivity index (χ2n) is 2.80. The molecule has 4 heteroatoms. The number of aliphatic carboxylic acids is 1. The van der Waals surface area contributed by atoms with E-state index in [0.29, 0.717) is 13.2 Å². The van der Waals surface area contributed by atoms with Crippen LogP contribution in [0.1, 0.15) is 6.42 Å². The fourth-order valence-corrected chi connectivity index (χ4v) is 1.36. The molecule has 11 heavy (non-hydrogen) atoms. The highest BCUT2D eigenvalue weighted by Crippen LogP contribution is 2.21. The number of ether oxygens (including phenoxy) is 1. The fourth-order valence-electron chi connectivity index (χ4n) is 1.36. The fraction of sp³-hybridized carbons (Fsp3) is 0.857. The molecule has 0 spiro atoms. The molecule has 4 nitrogen and oxygen atoms in total. The van der Waals surface area contributed by atoms with Crippen LogP contribution in [0.4, 0.5) is 0 Å². The van der Waals surface area contributed by atoms with E-state index in [-0.39, 0.29) is 12.5 Å². The van der Waals surface area contributed by atoms with Crippen LogP contribution in [0.25, 0.3) is 0 Å². The Hall–Kier alpha value is -0.610. The average Bonchev–Trinajstić information content (AvgIpc) is 2.40. The van der Waals surface area contributed by atoms with Gasteiger partial charge in [-0.05, 0) is 12.3 Å². The Morgan fingerprint density at radius 3 is 2.91 bits per heavy atom. The molecule has 0 aromatic rings. The number of nitrogens with two attached hydrogens (primary N) is 1. The van der Waals surface area contributed by atoms with E-state index >= 15 is 0 Å². The van der Waals surface area contributed by atoms with Gasteiger partial charge in [0.2, 0.25) is 0 Å². The van der Waals surface area contributed by atoms with E-state index in [2.05, 4.69) is 0 Å². The zero-order valence-corrected chi connectivity index (χ0v) is 6.32. The molecule has 3 N–H and O–H groups in total. The summed E-state index contributed by atoms with van der Waals surface area (Å²) in [5.74, 6) is -1.10. The molecular formula is C7H13NO3. The summed E-state index contributed by atoms with van der Waals surface area (Å²) in [6, 6.07) is 0. The molecule has 0 aromatic heterocycles. The largest absolute Gasteiger partial charge is 0.481 e. The predicted octanol–water partition coefficient (Wildman–Crippen LogP) is -0.318. The maximum absolute atomic E-state index is 10.6. The van der Waals surface area contributed by atoms with Crippen molar-refractivity contribution in [3.05, 3.63) is 0 Å². The van der Waals surface area contributed by atoms with E-state index in [0.717, 1.165) is 6.42 Å². The van der Waals surface area contributed by atoms with Crippen LogP contribution in [0.15, 0.2) is 0 Å². The zero-order chi connectivity index (χ0) is 8.27. The van der Waals surface area contributed by atoms with Gasteiger partial charge in [0.05, 0.1) is 12.5 Å². The quantitative estimate of drug-likeness (QED) is 0.592. The van der Waals surface area contributed by atoms with Gasteiger partial charge in [-0.25, -0.2) is 0 Å². The summed E-state index contributed by atoms with van der Waals surface area (Å²) in [5, 5.41) is 8.70. The summed E-state index contributed by atoms with van der Waals surface area (Å²) in [7, 11) is 0. The second-order valence-corrected chi connectivity index (χ2v) is 2.80. The second kappa shape index (κ2) is 3.69. The van der Waals surface area contributed by atoms with E-state index in [1.807, 2.05) is 0 Å². The third-order valence-corrected chi connectivity index (χ3v) is 2.11. The average molecular weight is 159 g/mol. The summed E-state index contributed by atoms with van der Waals surface area (Å²) in [4.78, 5) is 10.6. The van der Waals surface area contributed by atoms with Crippen molar-refractivity contribution in [2.75, 3.05) is 19.8 Å². The van der Waals surface area contributed by atoms with Crippen LogP contribution in [0.2, 0.25) is 0 Å². The van der Waals surface area contributed by atoms with Gasteiger partial charge >= 0.3 is 5.97 Å². The lowest BCUT2D eigenvalue weighted by Crippen LogP contribution is -2.31. The van der Waals surface area contributed by atoms with Crippen molar-refractivity contribution in [1.82, 2.24) is 0 Å². The molecule has 0 bridgehead atoms. The molecule has 0 saturated carbocycles. The molecule has 0 radical (unpaired) electrons. The molecule has 0 aromatic carbocycles. The number of rotatable bonds is 3. The minimum absolute atomic E-state index is 0.123. The predicted molar refractivity (Wildman–Crippen MR) is 39.1 cm³/mol. The molecule has 1 heterocycles. The van der Waals surface area contributed by atoms with Crippen molar-refractivity contribution in [2.45, 2.75) is 6.42 Å². The molecule has 0 amide bonds. The maximum Gasteiger partial charge on any atom is 0.308 e. The van der Waals surface area contributed by atoms with Crippen molar-refractivity contribution >= 4 is 5.97 Å². The van der Waals surface area contributed by atoms with Crippen LogP contribution in [0.3, 0.4) is 0 Å². The zero-order valence-electron chi connectivity index (χ0n) is 6.32. The van der Waals surface area contributed by atoms with Crippen molar-refractivity contribution in [3.8, 4) is 0 Å². The Kier molecular flexibility index (Phi) is 2.84. The van der Waals surface area contributed by atoms with Gasteiger partial charge in [-0.15, -0.1) is 0 Å². The number of hydrogen-bond acceptors (Lipinski definition) is 3. The van der Waals surface area contributed by atoms with Crippen LogP contribution in [-0.2, 0) is 9.53 Å². The number of carboxylic acid groups (broad SMARTS) is 1. The Bertz CT molecular complexity index is 143. The van der Waals surface area contributed by atoms with Crippen LogP contribution in [-0.4, -0.2) is 30.8 Å². The molecule has 1 aliphatic rings. The number of carbonyl (C=O) groups is 1. The van der Waals surface area contributed by atoms with Crippen molar-refractivity contribution in [1.29, 1.82) is 0 Å². The minimum Gasteiger partial charge on any atom is -0.481 e. The van der Waals surface area contributed by atoms with Gasteiger partial charge in [-0.3, -0.25) is 4.79 Å². The summed E-state index contributed by atoms with van der Waals surface area (Å²) >= 11 is 0. The molecular weight excluding hydrogens is 146 g/mol. The van der Waals surface area contributed by atoms with E-state index in [1.165, 1.54) is 0 Å². The topological polar surface area (TPSA) is 72.6 Å². The molecule has 0 aliphatic carbocycles. The first-order chi connectivity index (χ1) is 5.25. The molecule has 1 rings (SSSR count). The van der Waals surface area contributed by atoms with Crippen LogP contribution in [0.5, 0.6) is 0 Å². The lowest BCUT2D eigenvalue weighted by molar-refractivity contribution is -0.143. The van der Waals surface area contributed by atoms with Gasteiger partial charge < -0.3 is 15.6 Å². The molecule has 2 atom stereocenters. The molecule has 1 saturated heterocycles. The molecule has 1 aliphatic heterocycles. The van der Waals surface area contributed by atoms with Gasteiger partial charge in [-0.2, -0.15) is 0 Å². The van der Waals surface area contributed by atoms with Crippen molar-refractivity contribution in [2.24, 2.45) is 17.6 Å². The standard InChI is InChI=1S/C7H13NO3/c8-3-6(7(9)10)5-1-2-11-4-5/h5-6H,1-4,8H2,(H,9,10). The first kappa shape index (κ1) is 8.49. The van der Waals surface area contributed by atoms with E-state index < -0.39 is 11.9 Å². The lowest BCUT2D eigenvalue weighted by atomic mass is 9.92. The smallest absolute Gasteiger partial charge is 0.308 e. The molecule has 1 fully saturated rings. The third kappa shape index (κ3) is 1.91. The van der Waals surface area contributed by atoms with E-state index in [1.54, 1.807) is 0 Å². The highest BCUT2D eigenvalue weighted by atomic mass is 16.5. The van der Waals surface area contributed by atoms with Crippen LogP contribution in [0, 0.1) is 11.8 Å². The first-order valence-electron chi connectivity index (χ1n) is 3.76. The first-order valence-corrected chi connectivity index (χ1v) is 3.76. The minimum atomic E-state index is -0.803. The van der Waals surface area contributed by atoms with Crippen LogP contribution >= 0.6 is 0 Å². The highest BCUT2D eigenvalue weighted by Gasteiger charge is 2.29. The molecule has 2 unspecified atom stereocenters. The van der Waals surface area contributed by atoms with E-state index in [4.69, 9.17) is 15.6 Å². The Morgan fingerprint density at radius 1 is 1.82 bits per heavy atom. The van der Waals surface area contributed by atoms with Crippen molar-refractivity contribution in [3.63, 3.8) is 0 Å². The van der Waals surface area contributed by atoms with Gasteiger partial charge in [0, 0.05) is 13.2 Å². The SMILES string of the molecule is NCC(C(=O)O)C1CCOC1. The van der Waals surface area contributed by atoms with Crippen LogP contribution < -0.4 is 5.73 Å². The Labute approximate surface area is 65.3 Å². The summed E-state index contributed by atoms with van der Waals surface area (Å²) in [6.45, 7) is 1.44. The monoisotopic (exact) mass is 159 g/mol. The van der Waals surface area contributed by atoms with Gasteiger partial charge in [0.1, 0.15) is 0 Å². The summed E-state index contributed by atoms with van der Waals surface area (Å²) in [5.41, 5.74) is 5.32. The highest BCUT2D eigenvalue weighted by molar-refractivity contribution is 5.70. The lowest BCUT2D eigenvalue weighted by Gasteiger charge is -2.14. The Morgan fingerprint density at radius 2 is 2.55 bits per heavy atom. The normalized spacial score (nSPS) is 26.8.